The molecule has 0 aliphatic carbocycles. The largest absolute Gasteiger partial charge is 0.495 e. The van der Waals surface area contributed by atoms with Gasteiger partial charge in [0.2, 0.25) is 0 Å². The highest BCUT2D eigenvalue weighted by Crippen LogP contribution is 2.36. The van der Waals surface area contributed by atoms with E-state index in [1.807, 2.05) is 6.07 Å². The molecule has 0 unspecified atom stereocenters. The number of nitrogens with one attached hydrogen (secondary N) is 1. The van der Waals surface area contributed by atoms with Crippen LogP contribution < -0.4 is 15.8 Å². The van der Waals surface area contributed by atoms with E-state index in [-0.39, 0.29) is 11.4 Å². The number of benzene rings is 2. The second-order valence-electron chi connectivity index (χ2n) is 4.12. The Kier molecular flexibility index (Phi) is 4.69. The first-order chi connectivity index (χ1) is 9.92. The zero-order valence-electron chi connectivity index (χ0n) is 10.9. The molecule has 0 spiro atoms. The normalized spacial score (nSPS) is 10.2. The molecule has 0 aliphatic rings. The summed E-state index contributed by atoms with van der Waals surface area (Å²) in [5.74, 6) is 0.663. The van der Waals surface area contributed by atoms with Crippen molar-refractivity contribution in [3.63, 3.8) is 0 Å². The van der Waals surface area contributed by atoms with E-state index in [0.717, 1.165) is 14.6 Å². The Bertz CT molecular complexity index is 707. The van der Waals surface area contributed by atoms with Crippen molar-refractivity contribution in [3.8, 4) is 5.75 Å². The monoisotopic (exact) mass is 415 g/mol. The quantitative estimate of drug-likeness (QED) is 0.436. The predicted molar refractivity (Wildman–Crippen MR) is 89.2 cm³/mol. The van der Waals surface area contributed by atoms with Gasteiger partial charge in [0.05, 0.1) is 22.2 Å². The fourth-order valence-electron chi connectivity index (χ4n) is 1.74. The summed E-state index contributed by atoms with van der Waals surface area (Å²) in [6.45, 7) is 0. The van der Waals surface area contributed by atoms with Crippen molar-refractivity contribution in [1.29, 1.82) is 0 Å². The Hall–Kier alpha value is -1.80. The van der Waals surface area contributed by atoms with E-state index in [1.54, 1.807) is 19.2 Å². The molecule has 0 saturated heterocycles. The predicted octanol–water partition coefficient (Wildman–Crippen LogP) is 4.45. The summed E-state index contributed by atoms with van der Waals surface area (Å²) in [5, 5.41) is 13.9. The molecule has 0 aliphatic heterocycles. The molecule has 0 aromatic heterocycles. The van der Waals surface area contributed by atoms with E-state index in [4.69, 9.17) is 10.5 Å². The fraction of sp³-hybridized carbons (Fsp3) is 0.0769. The number of hydrogen-bond acceptors (Lipinski definition) is 5. The molecular weight excluding hydrogens is 406 g/mol. The average Bonchev–Trinajstić information content (AvgIpc) is 2.41. The highest BCUT2D eigenvalue weighted by atomic mass is 79.9. The Morgan fingerprint density at radius 1 is 1.24 bits per heavy atom. The molecule has 2 rings (SSSR count). The van der Waals surface area contributed by atoms with Crippen molar-refractivity contribution >= 4 is 54.6 Å². The molecule has 110 valence electrons. The average molecular weight is 417 g/mol. The SMILES string of the molecule is COc1cc(Nc2ccc([N+](=O)[O-])c(N)c2)c(Br)cc1Br. The van der Waals surface area contributed by atoms with Crippen molar-refractivity contribution in [2.75, 3.05) is 18.2 Å². The maximum atomic E-state index is 10.7. The standard InChI is InChI=1S/C13H11Br2N3O3/c1-21-13-6-11(8(14)5-9(13)15)17-7-2-3-12(18(19)20)10(16)4-7/h2-6,17H,16H2,1H3. The molecule has 0 bridgehead atoms. The van der Waals surface area contributed by atoms with Crippen LogP contribution in [0.4, 0.5) is 22.7 Å². The van der Waals surface area contributed by atoms with Crippen LogP contribution in [0.15, 0.2) is 39.3 Å². The maximum Gasteiger partial charge on any atom is 0.292 e. The Labute approximate surface area is 137 Å². The van der Waals surface area contributed by atoms with Crippen LogP contribution in [0.3, 0.4) is 0 Å². The topological polar surface area (TPSA) is 90.4 Å². The highest BCUT2D eigenvalue weighted by molar-refractivity contribution is 9.11. The molecule has 6 nitrogen and oxygen atoms in total. The Morgan fingerprint density at radius 2 is 1.95 bits per heavy atom. The van der Waals surface area contributed by atoms with Crippen LogP contribution in [0.5, 0.6) is 5.75 Å². The van der Waals surface area contributed by atoms with E-state index in [1.165, 1.54) is 12.1 Å². The number of nitrogens with two attached hydrogens (primary N) is 1. The van der Waals surface area contributed by atoms with Gasteiger partial charge in [-0.2, -0.15) is 0 Å². The third-order valence-electron chi connectivity index (χ3n) is 2.74. The summed E-state index contributed by atoms with van der Waals surface area (Å²) < 4.78 is 6.85. The van der Waals surface area contributed by atoms with Crippen molar-refractivity contribution in [2.24, 2.45) is 0 Å². The van der Waals surface area contributed by atoms with Gasteiger partial charge in [-0.3, -0.25) is 10.1 Å². The molecule has 2 aromatic carbocycles. The van der Waals surface area contributed by atoms with Gasteiger partial charge in [-0.1, -0.05) is 0 Å². The van der Waals surface area contributed by atoms with Gasteiger partial charge in [0, 0.05) is 22.3 Å². The maximum absolute atomic E-state index is 10.7. The van der Waals surface area contributed by atoms with E-state index in [2.05, 4.69) is 37.2 Å². The summed E-state index contributed by atoms with van der Waals surface area (Å²) >= 11 is 6.82. The number of rotatable bonds is 4. The smallest absolute Gasteiger partial charge is 0.292 e. The summed E-state index contributed by atoms with van der Waals surface area (Å²) in [5.41, 5.74) is 7.05. The van der Waals surface area contributed by atoms with Crippen molar-refractivity contribution < 1.29 is 9.66 Å². The van der Waals surface area contributed by atoms with Crippen molar-refractivity contribution in [1.82, 2.24) is 0 Å². The first-order valence-electron chi connectivity index (χ1n) is 5.76. The second kappa shape index (κ2) is 6.31. The zero-order valence-corrected chi connectivity index (χ0v) is 14.1. The minimum atomic E-state index is -0.516. The summed E-state index contributed by atoms with van der Waals surface area (Å²) in [6.07, 6.45) is 0. The van der Waals surface area contributed by atoms with E-state index in [9.17, 15) is 10.1 Å². The number of nitrogen functional groups attached to an aromatic ring is 1. The van der Waals surface area contributed by atoms with Crippen LogP contribution in [0.2, 0.25) is 0 Å². The molecule has 0 heterocycles. The molecule has 0 saturated carbocycles. The number of nitro benzene ring substituents is 1. The van der Waals surface area contributed by atoms with Crippen molar-refractivity contribution in [3.05, 3.63) is 49.4 Å². The van der Waals surface area contributed by atoms with Crippen LogP contribution in [-0.4, -0.2) is 12.0 Å². The second-order valence-corrected chi connectivity index (χ2v) is 5.83. The van der Waals surface area contributed by atoms with E-state index < -0.39 is 4.92 Å². The number of hydrogen-bond donors (Lipinski definition) is 2. The van der Waals surface area contributed by atoms with Gasteiger partial charge < -0.3 is 15.8 Å². The molecule has 21 heavy (non-hydrogen) atoms. The lowest BCUT2D eigenvalue weighted by Gasteiger charge is -2.12. The third kappa shape index (κ3) is 3.45. The number of halogens is 2. The number of nitrogens with zero attached hydrogens (tertiary/aromatic N) is 1. The first-order valence-corrected chi connectivity index (χ1v) is 7.35. The van der Waals surface area contributed by atoms with Gasteiger partial charge in [-0.05, 0) is 50.1 Å². The van der Waals surface area contributed by atoms with Gasteiger partial charge in [0.1, 0.15) is 11.4 Å². The van der Waals surface area contributed by atoms with Crippen LogP contribution >= 0.6 is 31.9 Å². The number of anilines is 3. The van der Waals surface area contributed by atoms with Gasteiger partial charge in [0.25, 0.3) is 5.69 Å². The molecule has 3 N–H and O–H groups in total. The summed E-state index contributed by atoms with van der Waals surface area (Å²) in [4.78, 5) is 10.2. The molecule has 0 atom stereocenters. The zero-order chi connectivity index (χ0) is 15.6. The van der Waals surface area contributed by atoms with Crippen LogP contribution in [-0.2, 0) is 0 Å². The summed E-state index contributed by atoms with van der Waals surface area (Å²) in [6, 6.07) is 8.11. The minimum Gasteiger partial charge on any atom is -0.495 e. The molecule has 0 radical (unpaired) electrons. The Morgan fingerprint density at radius 3 is 2.52 bits per heavy atom. The Balaban J connectivity index is 2.34. The number of ether oxygens (including phenoxy) is 1. The molecule has 8 heteroatoms. The number of nitro groups is 1. The lowest BCUT2D eigenvalue weighted by atomic mass is 10.2. The molecule has 0 amide bonds. The third-order valence-corrected chi connectivity index (χ3v) is 4.02. The van der Waals surface area contributed by atoms with Gasteiger partial charge in [-0.15, -0.1) is 0 Å². The first kappa shape index (κ1) is 15.6. The fourth-order valence-corrected chi connectivity index (χ4v) is 2.99. The molecule has 2 aromatic rings. The van der Waals surface area contributed by atoms with E-state index in [0.29, 0.717) is 11.4 Å². The summed E-state index contributed by atoms with van der Waals surface area (Å²) in [7, 11) is 1.57. The highest BCUT2D eigenvalue weighted by Gasteiger charge is 2.12. The van der Waals surface area contributed by atoms with Crippen molar-refractivity contribution in [2.45, 2.75) is 0 Å². The molecular formula is C13H11Br2N3O3. The van der Waals surface area contributed by atoms with Crippen LogP contribution in [0.1, 0.15) is 0 Å². The minimum absolute atomic E-state index is 0.102. The van der Waals surface area contributed by atoms with Gasteiger partial charge in [0.15, 0.2) is 0 Å². The van der Waals surface area contributed by atoms with E-state index >= 15 is 0 Å². The molecule has 0 fully saturated rings. The van der Waals surface area contributed by atoms with Gasteiger partial charge >= 0.3 is 0 Å². The lowest BCUT2D eigenvalue weighted by molar-refractivity contribution is -0.383. The number of methoxy groups -OCH3 is 1. The van der Waals surface area contributed by atoms with Gasteiger partial charge in [-0.25, -0.2) is 0 Å². The lowest BCUT2D eigenvalue weighted by Crippen LogP contribution is -1.98. The van der Waals surface area contributed by atoms with Crippen LogP contribution in [0, 0.1) is 10.1 Å². The van der Waals surface area contributed by atoms with Crippen LogP contribution in [0.25, 0.3) is 0 Å².